The summed E-state index contributed by atoms with van der Waals surface area (Å²) in [6.07, 6.45) is 3.08. The monoisotopic (exact) mass is 518 g/mol. The van der Waals surface area contributed by atoms with Gasteiger partial charge in [-0.05, 0) is 159 Å². The van der Waals surface area contributed by atoms with Crippen LogP contribution in [0.5, 0.6) is 11.5 Å². The summed E-state index contributed by atoms with van der Waals surface area (Å²) in [5, 5.41) is 0. The summed E-state index contributed by atoms with van der Waals surface area (Å²) >= 11 is 0. The normalized spacial score (nSPS) is 11.2. The minimum Gasteiger partial charge on any atom is -0.494 e. The van der Waals surface area contributed by atoms with E-state index in [4.69, 9.17) is 32.4 Å². The smallest absolute Gasteiger partial charge is 0.122 e. The second kappa shape index (κ2) is 14.3. The summed E-state index contributed by atoms with van der Waals surface area (Å²) < 4.78 is 11.9. The van der Waals surface area contributed by atoms with Crippen LogP contribution in [0.1, 0.15) is 47.2 Å². The first-order valence-electron chi connectivity index (χ1n) is 13.9. The van der Waals surface area contributed by atoms with Gasteiger partial charge in [-0.3, -0.25) is 0 Å². The zero-order chi connectivity index (χ0) is 27.7. The first-order chi connectivity index (χ1) is 18.4. The lowest BCUT2D eigenvalue weighted by molar-refractivity contribution is 0.336. The number of hydrogen-bond acceptors (Lipinski definition) is 6. The van der Waals surface area contributed by atoms with Crippen LogP contribution < -0.4 is 32.4 Å². The van der Waals surface area contributed by atoms with Gasteiger partial charge in [0.05, 0.1) is 13.2 Å². The van der Waals surface area contributed by atoms with Gasteiger partial charge in [0.2, 0.25) is 0 Å². The van der Waals surface area contributed by atoms with E-state index in [9.17, 15) is 0 Å². The van der Waals surface area contributed by atoms with Crippen LogP contribution in [-0.4, -0.2) is 39.4 Å². The average Bonchev–Trinajstić information content (AvgIpc) is 2.89. The molecule has 0 amide bonds. The van der Waals surface area contributed by atoms with Crippen LogP contribution in [0.2, 0.25) is 0 Å². The van der Waals surface area contributed by atoms with E-state index >= 15 is 0 Å². The van der Waals surface area contributed by atoms with Crippen molar-refractivity contribution in [2.45, 2.75) is 53.4 Å². The van der Waals surface area contributed by atoms with Crippen molar-refractivity contribution in [1.29, 1.82) is 0 Å². The molecule has 3 rings (SSSR count). The van der Waals surface area contributed by atoms with Crippen molar-refractivity contribution in [2.24, 2.45) is 22.9 Å². The third kappa shape index (κ3) is 6.75. The molecule has 0 aromatic heterocycles. The van der Waals surface area contributed by atoms with E-state index in [0.29, 0.717) is 39.4 Å². The molecule has 6 nitrogen and oxygen atoms in total. The van der Waals surface area contributed by atoms with Crippen molar-refractivity contribution in [2.75, 3.05) is 39.4 Å². The van der Waals surface area contributed by atoms with Gasteiger partial charge < -0.3 is 32.4 Å². The molecule has 0 fully saturated rings. The SMILES string of the molecule is CCOc1cc(CCN)c(-c2cc(C)c(-c3cc(CCN)c(OCC)cc3CCN)cc2C)cc1CCN. The first kappa shape index (κ1) is 29.7. The van der Waals surface area contributed by atoms with Gasteiger partial charge in [-0.1, -0.05) is 12.1 Å². The molecule has 3 aromatic rings. The van der Waals surface area contributed by atoms with E-state index in [2.05, 4.69) is 50.2 Å². The number of rotatable bonds is 14. The molecular formula is C32H46N4O2. The molecule has 206 valence electrons. The van der Waals surface area contributed by atoms with Gasteiger partial charge in [-0.2, -0.15) is 0 Å². The van der Waals surface area contributed by atoms with Crippen LogP contribution in [0.4, 0.5) is 0 Å². The van der Waals surface area contributed by atoms with Crippen LogP contribution in [0.3, 0.4) is 0 Å². The molecule has 0 aliphatic rings. The third-order valence-corrected chi connectivity index (χ3v) is 6.98. The molecule has 0 spiro atoms. The third-order valence-electron chi connectivity index (χ3n) is 6.98. The molecule has 0 aliphatic heterocycles. The second-order valence-electron chi connectivity index (χ2n) is 9.74. The zero-order valence-electron chi connectivity index (χ0n) is 23.7. The maximum atomic E-state index is 6.02. The standard InChI is InChI=1S/C32H46N4O2/c1-5-37-31-19-23(7-11-33)29(17-25(31)9-13-35)27-15-22(4)28(16-21(27)3)30-18-26(10-14-36)32(38-6-2)20-24(30)8-12-34/h15-20H,5-14,33-36H2,1-4H3. The summed E-state index contributed by atoms with van der Waals surface area (Å²) in [4.78, 5) is 0. The van der Waals surface area contributed by atoms with Gasteiger partial charge >= 0.3 is 0 Å². The van der Waals surface area contributed by atoms with Gasteiger partial charge in [0.15, 0.2) is 0 Å². The lowest BCUT2D eigenvalue weighted by Gasteiger charge is -2.21. The van der Waals surface area contributed by atoms with E-state index < -0.39 is 0 Å². The van der Waals surface area contributed by atoms with Gasteiger partial charge in [0, 0.05) is 0 Å². The summed E-state index contributed by atoms with van der Waals surface area (Å²) in [5.41, 5.74) is 35.9. The molecule has 0 atom stereocenters. The number of benzene rings is 3. The molecule has 0 saturated carbocycles. The molecule has 6 heteroatoms. The van der Waals surface area contributed by atoms with E-state index in [0.717, 1.165) is 48.3 Å². The minimum absolute atomic E-state index is 0.569. The average molecular weight is 519 g/mol. The predicted molar refractivity (Wildman–Crippen MR) is 160 cm³/mol. The van der Waals surface area contributed by atoms with Crippen molar-refractivity contribution >= 4 is 0 Å². The van der Waals surface area contributed by atoms with E-state index in [1.807, 2.05) is 13.8 Å². The molecule has 0 heterocycles. The second-order valence-corrected chi connectivity index (χ2v) is 9.74. The van der Waals surface area contributed by atoms with Crippen molar-refractivity contribution in [3.8, 4) is 33.8 Å². The highest BCUT2D eigenvalue weighted by Gasteiger charge is 2.18. The number of aryl methyl sites for hydroxylation is 2. The lowest BCUT2D eigenvalue weighted by atomic mass is 9.86. The Morgan fingerprint density at radius 1 is 0.474 bits per heavy atom. The van der Waals surface area contributed by atoms with Gasteiger partial charge in [0.1, 0.15) is 11.5 Å². The topological polar surface area (TPSA) is 123 Å². The quantitative estimate of drug-likeness (QED) is 0.250. The first-order valence-corrected chi connectivity index (χ1v) is 13.9. The fourth-order valence-electron chi connectivity index (χ4n) is 5.24. The Kier molecular flexibility index (Phi) is 11.2. The van der Waals surface area contributed by atoms with Crippen LogP contribution in [0, 0.1) is 13.8 Å². The summed E-state index contributed by atoms with van der Waals surface area (Å²) in [6, 6.07) is 13.4. The summed E-state index contributed by atoms with van der Waals surface area (Å²) in [5.74, 6) is 1.81. The molecule has 0 saturated heterocycles. The van der Waals surface area contributed by atoms with Gasteiger partial charge in [0.25, 0.3) is 0 Å². The van der Waals surface area contributed by atoms with E-state index in [-0.39, 0.29) is 0 Å². The van der Waals surface area contributed by atoms with Crippen molar-refractivity contribution < 1.29 is 9.47 Å². The molecule has 0 unspecified atom stereocenters. The summed E-state index contributed by atoms with van der Waals surface area (Å²) in [7, 11) is 0. The highest BCUT2D eigenvalue weighted by atomic mass is 16.5. The number of nitrogens with two attached hydrogens (primary N) is 4. The largest absolute Gasteiger partial charge is 0.494 e. The van der Waals surface area contributed by atoms with Crippen molar-refractivity contribution in [3.05, 3.63) is 69.8 Å². The number of ether oxygens (including phenoxy) is 2. The van der Waals surface area contributed by atoms with Crippen LogP contribution in [-0.2, 0) is 25.7 Å². The van der Waals surface area contributed by atoms with E-state index in [1.54, 1.807) is 0 Å². The van der Waals surface area contributed by atoms with Crippen molar-refractivity contribution in [3.63, 3.8) is 0 Å². The Morgan fingerprint density at radius 3 is 1.13 bits per heavy atom. The Bertz CT molecular complexity index is 1130. The minimum atomic E-state index is 0.569. The fourth-order valence-corrected chi connectivity index (χ4v) is 5.24. The molecule has 0 bridgehead atoms. The molecule has 0 radical (unpaired) electrons. The van der Waals surface area contributed by atoms with Gasteiger partial charge in [-0.15, -0.1) is 0 Å². The van der Waals surface area contributed by atoms with Crippen LogP contribution in [0.15, 0.2) is 36.4 Å². The zero-order valence-corrected chi connectivity index (χ0v) is 23.7. The molecule has 8 N–H and O–H groups in total. The fraction of sp³-hybridized carbons (Fsp3) is 0.438. The van der Waals surface area contributed by atoms with E-state index in [1.165, 1.54) is 44.5 Å². The predicted octanol–water partition coefficient (Wildman–Crippen LogP) is 4.44. The number of hydrogen-bond donors (Lipinski definition) is 4. The van der Waals surface area contributed by atoms with Crippen LogP contribution >= 0.6 is 0 Å². The lowest BCUT2D eigenvalue weighted by Crippen LogP contribution is -2.10. The molecule has 38 heavy (non-hydrogen) atoms. The summed E-state index contributed by atoms with van der Waals surface area (Å²) in [6.45, 7) is 11.9. The maximum absolute atomic E-state index is 6.02. The Hall–Kier alpha value is -2.90. The Morgan fingerprint density at radius 2 is 0.816 bits per heavy atom. The molecular weight excluding hydrogens is 472 g/mol. The molecule has 3 aromatic carbocycles. The Balaban J connectivity index is 2.21. The highest BCUT2D eigenvalue weighted by molar-refractivity contribution is 5.80. The maximum Gasteiger partial charge on any atom is 0.122 e. The van der Waals surface area contributed by atoms with Gasteiger partial charge in [-0.25, -0.2) is 0 Å². The van der Waals surface area contributed by atoms with Crippen molar-refractivity contribution in [1.82, 2.24) is 0 Å². The highest BCUT2D eigenvalue weighted by Crippen LogP contribution is 2.39. The Labute approximate surface area is 228 Å². The van der Waals surface area contributed by atoms with Crippen LogP contribution in [0.25, 0.3) is 22.3 Å². The molecule has 0 aliphatic carbocycles.